The fourth-order valence-electron chi connectivity index (χ4n) is 4.39. The molecule has 0 aliphatic rings. The van der Waals surface area contributed by atoms with Crippen LogP contribution in [0, 0.1) is 0 Å². The van der Waals surface area contributed by atoms with Crippen molar-refractivity contribution in [1.29, 1.82) is 0 Å². The molecular formula is C35H32F6O9S4. The van der Waals surface area contributed by atoms with E-state index in [2.05, 4.69) is 36.4 Å². The van der Waals surface area contributed by atoms with Crippen LogP contribution < -0.4 is 14.2 Å². The molecule has 0 saturated heterocycles. The minimum atomic E-state index is -5.09. The van der Waals surface area contributed by atoms with Gasteiger partial charge in [0.1, 0.15) is 32.3 Å². The molecule has 0 bridgehead atoms. The standard InChI is InChI=1S/C21H21O3S.2C7H5F3O3S.H2S/c1-22-16-4-10-19(11-5-16)25(20-12-6-17(23-2)7-13-20)21-14-8-18(24-3)9-15-21;2*8-7(9,10)5-3-1-2-4-6(5)14(11,12)13;/h4-15H,1-3H3;2*1-4H,(H,11,12,13);1H2/q+1;;;/p-1. The van der Waals surface area contributed by atoms with Crippen molar-refractivity contribution >= 4 is 44.6 Å². The minimum absolute atomic E-state index is 0. The van der Waals surface area contributed by atoms with Gasteiger partial charge in [0.2, 0.25) is 0 Å². The van der Waals surface area contributed by atoms with E-state index in [1.807, 2.05) is 36.4 Å². The van der Waals surface area contributed by atoms with Crippen LogP contribution in [-0.4, -0.2) is 47.3 Å². The molecule has 0 atom stereocenters. The minimum Gasteiger partial charge on any atom is -0.744 e. The smallest absolute Gasteiger partial charge is 0.417 e. The lowest BCUT2D eigenvalue weighted by Crippen LogP contribution is -2.12. The first-order valence-corrected chi connectivity index (χ1v) is 18.7. The Morgan fingerprint density at radius 3 is 1.02 bits per heavy atom. The number of rotatable bonds is 8. The molecule has 292 valence electrons. The maximum Gasteiger partial charge on any atom is 0.417 e. The third-order valence-corrected chi connectivity index (χ3v) is 10.9. The average molecular weight is 839 g/mol. The second kappa shape index (κ2) is 19.3. The van der Waals surface area contributed by atoms with Crippen LogP contribution in [0.3, 0.4) is 0 Å². The highest BCUT2D eigenvalue weighted by Gasteiger charge is 2.36. The third-order valence-electron chi connectivity index (χ3n) is 6.82. The van der Waals surface area contributed by atoms with Crippen molar-refractivity contribution in [3.8, 4) is 17.2 Å². The first kappa shape index (κ1) is 45.8. The molecule has 54 heavy (non-hydrogen) atoms. The van der Waals surface area contributed by atoms with E-state index < -0.39 is 53.5 Å². The number of hydrogen-bond donors (Lipinski definition) is 1. The van der Waals surface area contributed by atoms with Crippen LogP contribution in [0.15, 0.2) is 146 Å². The van der Waals surface area contributed by atoms with E-state index in [1.165, 1.54) is 14.7 Å². The Bertz CT molecular complexity index is 1960. The second-order valence-corrected chi connectivity index (χ2v) is 15.0. The third kappa shape index (κ3) is 12.9. The van der Waals surface area contributed by atoms with Crippen molar-refractivity contribution in [1.82, 2.24) is 0 Å². The summed E-state index contributed by atoms with van der Waals surface area (Å²) in [5, 5.41) is 0. The molecule has 0 radical (unpaired) electrons. The van der Waals surface area contributed by atoms with E-state index in [-0.39, 0.29) is 24.4 Å². The Kier molecular flexibility index (Phi) is 16.3. The highest BCUT2D eigenvalue weighted by Crippen LogP contribution is 2.36. The number of ether oxygens (including phenoxy) is 3. The molecule has 9 nitrogen and oxygen atoms in total. The number of alkyl halides is 6. The molecule has 0 amide bonds. The fourth-order valence-corrected chi connectivity index (χ4v) is 7.84. The van der Waals surface area contributed by atoms with E-state index in [1.54, 1.807) is 21.3 Å². The Morgan fingerprint density at radius 1 is 0.519 bits per heavy atom. The predicted molar refractivity (Wildman–Crippen MR) is 192 cm³/mol. The predicted octanol–water partition coefficient (Wildman–Crippen LogP) is 8.48. The molecule has 0 spiro atoms. The van der Waals surface area contributed by atoms with Crippen LogP contribution in [-0.2, 0) is 43.5 Å². The van der Waals surface area contributed by atoms with Crippen molar-refractivity contribution in [2.45, 2.75) is 36.8 Å². The summed E-state index contributed by atoms with van der Waals surface area (Å²) in [6, 6.07) is 31.4. The van der Waals surface area contributed by atoms with Gasteiger partial charge in [0, 0.05) is 0 Å². The highest BCUT2D eigenvalue weighted by atomic mass is 32.2. The van der Waals surface area contributed by atoms with E-state index in [4.69, 9.17) is 18.8 Å². The zero-order valence-electron chi connectivity index (χ0n) is 28.3. The van der Waals surface area contributed by atoms with Crippen LogP contribution in [0.1, 0.15) is 11.1 Å². The van der Waals surface area contributed by atoms with Crippen LogP contribution >= 0.6 is 13.5 Å². The Morgan fingerprint density at radius 2 is 0.796 bits per heavy atom. The normalized spacial score (nSPS) is 11.6. The average Bonchev–Trinajstić information content (AvgIpc) is 3.12. The van der Waals surface area contributed by atoms with E-state index in [0.717, 1.165) is 41.5 Å². The lowest BCUT2D eigenvalue weighted by atomic mass is 10.2. The van der Waals surface area contributed by atoms with Gasteiger partial charge in [0.05, 0.1) is 48.2 Å². The molecule has 0 aromatic heterocycles. The SMILES string of the molecule is COc1ccc([S+](c2ccc(OC)cc2)c2ccc(OC)cc2)cc1.O=S(=O)(O)c1ccccc1C(F)(F)F.O=S(=O)([O-])c1ccccc1C(F)(F)F.S. The van der Waals surface area contributed by atoms with Gasteiger partial charge < -0.3 is 18.8 Å². The lowest BCUT2D eigenvalue weighted by molar-refractivity contribution is -0.140. The first-order chi connectivity index (χ1) is 24.7. The van der Waals surface area contributed by atoms with Gasteiger partial charge in [-0.15, -0.1) is 0 Å². The van der Waals surface area contributed by atoms with Gasteiger partial charge in [-0.1, -0.05) is 24.3 Å². The molecule has 0 aliphatic carbocycles. The van der Waals surface area contributed by atoms with Gasteiger partial charge in [-0.05, 0) is 97.1 Å². The van der Waals surface area contributed by atoms with Crippen LogP contribution in [0.5, 0.6) is 17.2 Å². The molecule has 1 N–H and O–H groups in total. The molecule has 5 rings (SSSR count). The van der Waals surface area contributed by atoms with E-state index >= 15 is 0 Å². The van der Waals surface area contributed by atoms with Gasteiger partial charge in [-0.3, -0.25) is 4.55 Å². The van der Waals surface area contributed by atoms with Crippen molar-refractivity contribution in [2.24, 2.45) is 0 Å². The number of methoxy groups -OCH3 is 3. The van der Waals surface area contributed by atoms with Crippen molar-refractivity contribution < 1.29 is 66.5 Å². The second-order valence-electron chi connectivity index (χ2n) is 10.2. The van der Waals surface area contributed by atoms with Gasteiger partial charge >= 0.3 is 12.4 Å². The molecule has 5 aromatic carbocycles. The largest absolute Gasteiger partial charge is 0.744 e. The maximum absolute atomic E-state index is 12.2. The zero-order valence-corrected chi connectivity index (χ0v) is 31.7. The number of hydrogen-bond acceptors (Lipinski definition) is 8. The number of halogens is 6. The zero-order chi connectivity index (χ0) is 39.6. The first-order valence-electron chi connectivity index (χ1n) is 14.6. The maximum atomic E-state index is 12.2. The summed E-state index contributed by atoms with van der Waals surface area (Å²) in [6.45, 7) is 0. The van der Waals surface area contributed by atoms with Gasteiger partial charge in [-0.25, -0.2) is 8.42 Å². The van der Waals surface area contributed by atoms with Crippen LogP contribution in [0.25, 0.3) is 0 Å². The van der Waals surface area contributed by atoms with Crippen LogP contribution in [0.2, 0.25) is 0 Å². The molecule has 0 aliphatic heterocycles. The van der Waals surface area contributed by atoms with Crippen molar-refractivity contribution in [3.63, 3.8) is 0 Å². The summed E-state index contributed by atoms with van der Waals surface area (Å²) in [4.78, 5) is 1.32. The summed E-state index contributed by atoms with van der Waals surface area (Å²) in [6.07, 6.45) is -9.64. The monoisotopic (exact) mass is 838 g/mol. The lowest BCUT2D eigenvalue weighted by Gasteiger charge is -2.14. The highest BCUT2D eigenvalue weighted by molar-refractivity contribution is 7.97. The van der Waals surface area contributed by atoms with Crippen molar-refractivity contribution in [3.05, 3.63) is 132 Å². The molecule has 19 heteroatoms. The Labute approximate surface area is 317 Å². The molecule has 0 fully saturated rings. The topological polar surface area (TPSA) is 139 Å². The quantitative estimate of drug-likeness (QED) is 0.0926. The van der Waals surface area contributed by atoms with Crippen molar-refractivity contribution in [2.75, 3.05) is 21.3 Å². The summed E-state index contributed by atoms with van der Waals surface area (Å²) < 4.78 is 150. The van der Waals surface area contributed by atoms with Gasteiger partial charge in [-0.2, -0.15) is 48.3 Å². The van der Waals surface area contributed by atoms with Crippen LogP contribution in [0.4, 0.5) is 26.3 Å². The molecule has 0 saturated carbocycles. The number of benzene rings is 5. The summed E-state index contributed by atoms with van der Waals surface area (Å²) >= 11 is 0. The Hall–Kier alpha value is -4.40. The summed E-state index contributed by atoms with van der Waals surface area (Å²) in [5.74, 6) is 2.57. The van der Waals surface area contributed by atoms with E-state index in [9.17, 15) is 47.7 Å². The summed E-state index contributed by atoms with van der Waals surface area (Å²) in [7, 11) is -5.09. The summed E-state index contributed by atoms with van der Waals surface area (Å²) in [5.41, 5.74) is -2.81. The van der Waals surface area contributed by atoms with Gasteiger partial charge in [0.15, 0.2) is 14.7 Å². The molecular weight excluding hydrogens is 807 g/mol. The molecule has 5 aromatic rings. The van der Waals surface area contributed by atoms with Gasteiger partial charge in [0.25, 0.3) is 10.1 Å². The Balaban J connectivity index is 0.000000299. The fraction of sp³-hybridized carbons (Fsp3) is 0.143. The molecule has 0 unspecified atom stereocenters. The van der Waals surface area contributed by atoms with E-state index in [0.29, 0.717) is 24.3 Å². The molecule has 0 heterocycles.